The number of Topliss-reactive ketones (excluding diaryl/α,β-unsaturated/α-hetero) is 1. The van der Waals surface area contributed by atoms with Crippen molar-refractivity contribution >= 4 is 40.3 Å². The van der Waals surface area contributed by atoms with Crippen molar-refractivity contribution < 1.29 is 19.1 Å². The van der Waals surface area contributed by atoms with Crippen LogP contribution in [0, 0.1) is 13.8 Å². The van der Waals surface area contributed by atoms with Crippen LogP contribution < -0.4 is 15.0 Å². The maximum absolute atomic E-state index is 13.0. The van der Waals surface area contributed by atoms with Gasteiger partial charge < -0.3 is 10.1 Å². The van der Waals surface area contributed by atoms with Gasteiger partial charge in [-0.05, 0) is 63.2 Å². The molecule has 8 heteroatoms. The zero-order chi connectivity index (χ0) is 23.0. The van der Waals surface area contributed by atoms with E-state index < -0.39 is 6.10 Å². The van der Waals surface area contributed by atoms with E-state index in [2.05, 4.69) is 10.3 Å². The van der Waals surface area contributed by atoms with Crippen molar-refractivity contribution in [2.75, 3.05) is 16.8 Å². The highest BCUT2D eigenvalue weighted by molar-refractivity contribution is 7.11. The number of carbonyl (C=O) groups is 3. The fraction of sp³-hybridized carbons (Fsp3) is 0.250. The molecule has 2 heterocycles. The zero-order valence-electron chi connectivity index (χ0n) is 18.3. The van der Waals surface area contributed by atoms with E-state index in [0.29, 0.717) is 22.7 Å². The standard InChI is InChI=1S/C24H23N3O4S/c1-13-24(30)27(12-21(29)17-5-8-19(9-6-17)25-15(3)28)20-11-18(7-10-22(20)31-13)23-14(2)32-16(4)26-23/h5-11,13H,12H2,1-4H3,(H,25,28). The van der Waals surface area contributed by atoms with Crippen LogP contribution in [0.3, 0.4) is 0 Å². The Kier molecular flexibility index (Phi) is 5.80. The molecule has 0 aliphatic carbocycles. The van der Waals surface area contributed by atoms with E-state index >= 15 is 0 Å². The Morgan fingerprint density at radius 1 is 1.16 bits per heavy atom. The van der Waals surface area contributed by atoms with Crippen LogP contribution in [-0.2, 0) is 9.59 Å². The number of aryl methyl sites for hydroxylation is 2. The van der Waals surface area contributed by atoms with Crippen LogP contribution in [0.15, 0.2) is 42.5 Å². The molecule has 0 saturated heterocycles. The van der Waals surface area contributed by atoms with Gasteiger partial charge in [0.25, 0.3) is 5.91 Å². The third-order valence-electron chi connectivity index (χ3n) is 5.17. The van der Waals surface area contributed by atoms with Gasteiger partial charge in [-0.3, -0.25) is 19.3 Å². The molecule has 164 valence electrons. The molecule has 1 aromatic heterocycles. The van der Waals surface area contributed by atoms with Crippen LogP contribution in [0.25, 0.3) is 11.3 Å². The summed E-state index contributed by atoms with van der Waals surface area (Å²) < 4.78 is 5.78. The maximum atomic E-state index is 13.0. The lowest BCUT2D eigenvalue weighted by atomic mass is 10.1. The number of ether oxygens (including phenoxy) is 1. The molecule has 3 aromatic rings. The number of amides is 2. The molecule has 4 rings (SSSR count). The van der Waals surface area contributed by atoms with E-state index in [1.165, 1.54) is 11.8 Å². The predicted molar refractivity (Wildman–Crippen MR) is 125 cm³/mol. The van der Waals surface area contributed by atoms with Crippen LogP contribution in [-0.4, -0.2) is 35.2 Å². The zero-order valence-corrected chi connectivity index (χ0v) is 19.1. The second-order valence-electron chi connectivity index (χ2n) is 7.69. The quantitative estimate of drug-likeness (QED) is 0.584. The fourth-order valence-corrected chi connectivity index (χ4v) is 4.53. The van der Waals surface area contributed by atoms with Crippen LogP contribution in [0.2, 0.25) is 0 Å². The number of fused-ring (bicyclic) bond motifs is 1. The summed E-state index contributed by atoms with van der Waals surface area (Å²) in [5.41, 5.74) is 3.34. The lowest BCUT2D eigenvalue weighted by molar-refractivity contribution is -0.125. The molecule has 1 atom stereocenters. The number of nitrogens with one attached hydrogen (secondary N) is 1. The Bertz CT molecular complexity index is 1220. The molecule has 1 aliphatic heterocycles. The lowest BCUT2D eigenvalue weighted by Gasteiger charge is -2.33. The summed E-state index contributed by atoms with van der Waals surface area (Å²) in [6.07, 6.45) is -0.688. The number of rotatable bonds is 5. The first-order valence-electron chi connectivity index (χ1n) is 10.2. The number of carbonyl (C=O) groups excluding carboxylic acids is 3. The number of benzene rings is 2. The first-order valence-corrected chi connectivity index (χ1v) is 11.0. The second-order valence-corrected chi connectivity index (χ2v) is 9.09. The van der Waals surface area contributed by atoms with Crippen LogP contribution >= 0.6 is 11.3 Å². The van der Waals surface area contributed by atoms with Gasteiger partial charge in [-0.1, -0.05) is 0 Å². The van der Waals surface area contributed by atoms with Crippen molar-refractivity contribution in [2.45, 2.75) is 33.8 Å². The Balaban J connectivity index is 1.64. The highest BCUT2D eigenvalue weighted by atomic mass is 32.1. The summed E-state index contributed by atoms with van der Waals surface area (Å²) in [6, 6.07) is 12.2. The Hall–Kier alpha value is -3.52. The van der Waals surface area contributed by atoms with Crippen LogP contribution in [0.5, 0.6) is 5.75 Å². The average Bonchev–Trinajstić information content (AvgIpc) is 3.09. The van der Waals surface area contributed by atoms with Gasteiger partial charge in [0, 0.05) is 28.6 Å². The minimum absolute atomic E-state index is 0.114. The van der Waals surface area contributed by atoms with Crippen molar-refractivity contribution in [3.05, 3.63) is 57.9 Å². The van der Waals surface area contributed by atoms with Gasteiger partial charge in [-0.2, -0.15) is 0 Å². The summed E-state index contributed by atoms with van der Waals surface area (Å²) in [7, 11) is 0. The van der Waals surface area contributed by atoms with E-state index in [9.17, 15) is 14.4 Å². The number of thiazole rings is 1. The predicted octanol–water partition coefficient (Wildman–Crippen LogP) is 4.38. The summed E-state index contributed by atoms with van der Waals surface area (Å²) in [6.45, 7) is 6.94. The monoisotopic (exact) mass is 449 g/mol. The first kappa shape index (κ1) is 21.7. The molecular formula is C24H23N3O4S. The Morgan fingerprint density at radius 3 is 2.50 bits per heavy atom. The van der Waals surface area contributed by atoms with Crippen molar-refractivity contribution in [1.82, 2.24) is 4.98 Å². The van der Waals surface area contributed by atoms with E-state index in [1.54, 1.807) is 42.5 Å². The van der Waals surface area contributed by atoms with Crippen LogP contribution in [0.4, 0.5) is 11.4 Å². The maximum Gasteiger partial charge on any atom is 0.268 e. The minimum atomic E-state index is -0.688. The summed E-state index contributed by atoms with van der Waals surface area (Å²) in [4.78, 5) is 44.3. The molecule has 1 N–H and O–H groups in total. The van der Waals surface area contributed by atoms with Gasteiger partial charge in [0.05, 0.1) is 22.9 Å². The summed E-state index contributed by atoms with van der Waals surface area (Å²) in [5, 5.41) is 3.63. The van der Waals surface area contributed by atoms with Crippen molar-refractivity contribution in [1.29, 1.82) is 0 Å². The van der Waals surface area contributed by atoms with Gasteiger partial charge in [-0.25, -0.2) is 4.98 Å². The molecule has 7 nitrogen and oxygen atoms in total. The van der Waals surface area contributed by atoms with Gasteiger partial charge in [0.1, 0.15) is 5.75 Å². The molecule has 0 spiro atoms. The average molecular weight is 450 g/mol. The number of hydrogen-bond donors (Lipinski definition) is 1. The smallest absolute Gasteiger partial charge is 0.268 e. The fourth-order valence-electron chi connectivity index (χ4n) is 3.69. The highest BCUT2D eigenvalue weighted by Gasteiger charge is 2.33. The number of ketones is 1. The largest absolute Gasteiger partial charge is 0.479 e. The number of anilines is 2. The summed E-state index contributed by atoms with van der Waals surface area (Å²) in [5.74, 6) is -0.114. The molecule has 32 heavy (non-hydrogen) atoms. The van der Waals surface area contributed by atoms with Crippen molar-refractivity contribution in [2.24, 2.45) is 0 Å². The number of hydrogen-bond acceptors (Lipinski definition) is 6. The van der Waals surface area contributed by atoms with Crippen LogP contribution in [0.1, 0.15) is 34.1 Å². The molecule has 1 aliphatic rings. The first-order chi connectivity index (χ1) is 15.2. The molecule has 0 saturated carbocycles. The molecular weight excluding hydrogens is 426 g/mol. The van der Waals surface area contributed by atoms with Gasteiger partial charge in [-0.15, -0.1) is 11.3 Å². The molecule has 0 fully saturated rings. The van der Waals surface area contributed by atoms with E-state index in [0.717, 1.165) is 21.1 Å². The van der Waals surface area contributed by atoms with Gasteiger partial charge in [0.15, 0.2) is 11.9 Å². The minimum Gasteiger partial charge on any atom is -0.479 e. The number of aromatic nitrogens is 1. The Morgan fingerprint density at radius 2 is 1.88 bits per heavy atom. The second kappa shape index (κ2) is 8.55. The van der Waals surface area contributed by atoms with Gasteiger partial charge in [0.2, 0.25) is 5.91 Å². The van der Waals surface area contributed by atoms with Crippen molar-refractivity contribution in [3.8, 4) is 17.0 Å². The molecule has 0 bridgehead atoms. The lowest BCUT2D eigenvalue weighted by Crippen LogP contribution is -2.46. The van der Waals surface area contributed by atoms with E-state index in [-0.39, 0.29) is 24.1 Å². The molecule has 1 unspecified atom stereocenters. The molecule has 2 aromatic carbocycles. The normalized spacial score (nSPS) is 15.2. The van der Waals surface area contributed by atoms with E-state index in [4.69, 9.17) is 4.74 Å². The highest BCUT2D eigenvalue weighted by Crippen LogP contribution is 2.39. The SMILES string of the molecule is CC(=O)Nc1ccc(C(=O)CN2C(=O)C(C)Oc3ccc(-c4nc(C)sc4C)cc32)cc1. The third-order valence-corrected chi connectivity index (χ3v) is 6.06. The van der Waals surface area contributed by atoms with Gasteiger partial charge >= 0.3 is 0 Å². The Labute approximate surface area is 190 Å². The molecule has 2 amide bonds. The summed E-state index contributed by atoms with van der Waals surface area (Å²) >= 11 is 1.61. The topological polar surface area (TPSA) is 88.6 Å². The molecule has 0 radical (unpaired) electrons. The number of nitrogens with zero attached hydrogens (tertiary/aromatic N) is 2. The van der Waals surface area contributed by atoms with E-state index in [1.807, 2.05) is 32.0 Å². The third kappa shape index (κ3) is 4.27. The van der Waals surface area contributed by atoms with Crippen molar-refractivity contribution in [3.63, 3.8) is 0 Å².